The quantitative estimate of drug-likeness (QED) is 0.910. The Hall–Kier alpha value is -1.40. The summed E-state index contributed by atoms with van der Waals surface area (Å²) in [5.74, 6) is 1.61. The number of aliphatic hydroxyl groups excluding tert-OH is 1. The van der Waals surface area contributed by atoms with Gasteiger partial charge in [-0.1, -0.05) is 12.8 Å². The smallest absolute Gasteiger partial charge is 0.225 e. The van der Waals surface area contributed by atoms with Gasteiger partial charge in [0.1, 0.15) is 10.6 Å². The van der Waals surface area contributed by atoms with E-state index >= 15 is 0 Å². The van der Waals surface area contributed by atoms with Crippen LogP contribution in [0.2, 0.25) is 0 Å². The van der Waals surface area contributed by atoms with Crippen molar-refractivity contribution >= 4 is 33.3 Å². The molecule has 1 aliphatic heterocycles. The van der Waals surface area contributed by atoms with Crippen molar-refractivity contribution in [2.24, 2.45) is 0 Å². The van der Waals surface area contributed by atoms with E-state index < -0.39 is 0 Å². The van der Waals surface area contributed by atoms with Crippen LogP contribution < -0.4 is 10.2 Å². The van der Waals surface area contributed by atoms with Crippen LogP contribution in [0.1, 0.15) is 25.7 Å². The van der Waals surface area contributed by atoms with Crippen molar-refractivity contribution in [3.63, 3.8) is 0 Å². The summed E-state index contributed by atoms with van der Waals surface area (Å²) in [6.45, 7) is 1.14. The molecular formula is C14H20N4OS. The molecule has 0 saturated carbocycles. The first-order valence-corrected chi connectivity index (χ1v) is 8.02. The lowest BCUT2D eigenvalue weighted by molar-refractivity contribution is 0.255. The average molecular weight is 292 g/mol. The fourth-order valence-electron chi connectivity index (χ4n) is 2.82. The maximum Gasteiger partial charge on any atom is 0.225 e. The van der Waals surface area contributed by atoms with E-state index in [9.17, 15) is 5.11 Å². The minimum atomic E-state index is 0.167. The molecule has 6 heteroatoms. The highest BCUT2D eigenvalue weighted by Crippen LogP contribution is 2.32. The molecule has 3 heterocycles. The first-order valence-electron chi connectivity index (χ1n) is 7.14. The lowest BCUT2D eigenvalue weighted by Gasteiger charge is -2.30. The molecule has 1 saturated heterocycles. The number of fused-ring (bicyclic) bond motifs is 1. The minimum absolute atomic E-state index is 0.167. The van der Waals surface area contributed by atoms with Gasteiger partial charge in [0.2, 0.25) is 5.95 Å². The molecule has 108 valence electrons. The molecule has 0 bridgehead atoms. The second-order valence-electron chi connectivity index (χ2n) is 5.14. The highest BCUT2D eigenvalue weighted by molar-refractivity contribution is 7.16. The summed E-state index contributed by atoms with van der Waals surface area (Å²) in [5, 5.41) is 15.9. The van der Waals surface area contributed by atoms with E-state index in [2.05, 4.69) is 26.3 Å². The van der Waals surface area contributed by atoms with Crippen molar-refractivity contribution in [1.82, 2.24) is 9.97 Å². The van der Waals surface area contributed by atoms with Crippen LogP contribution in [0.15, 0.2) is 11.4 Å². The number of nitrogens with one attached hydrogen (secondary N) is 1. The molecule has 1 unspecified atom stereocenters. The van der Waals surface area contributed by atoms with Crippen molar-refractivity contribution in [2.75, 3.05) is 30.4 Å². The zero-order valence-corrected chi connectivity index (χ0v) is 12.5. The molecule has 2 N–H and O–H groups in total. The molecule has 2 aromatic heterocycles. The molecule has 1 aliphatic rings. The molecule has 2 aromatic rings. The number of nitrogens with zero attached hydrogens (tertiary/aromatic N) is 3. The lowest BCUT2D eigenvalue weighted by atomic mass is 10.1. The van der Waals surface area contributed by atoms with Gasteiger partial charge in [-0.25, -0.2) is 4.98 Å². The second-order valence-corrected chi connectivity index (χ2v) is 6.03. The van der Waals surface area contributed by atoms with Gasteiger partial charge in [-0.15, -0.1) is 11.3 Å². The summed E-state index contributed by atoms with van der Waals surface area (Å²) >= 11 is 1.63. The number of hydrogen-bond donors (Lipinski definition) is 2. The maximum atomic E-state index is 9.70. The fraction of sp³-hybridized carbons (Fsp3) is 0.571. The largest absolute Gasteiger partial charge is 0.394 e. The Morgan fingerprint density at radius 1 is 1.40 bits per heavy atom. The van der Waals surface area contributed by atoms with Crippen molar-refractivity contribution in [1.29, 1.82) is 0 Å². The van der Waals surface area contributed by atoms with Crippen molar-refractivity contribution in [3.05, 3.63) is 11.4 Å². The Balaban J connectivity index is 2.08. The van der Waals surface area contributed by atoms with E-state index in [1.54, 1.807) is 11.3 Å². The van der Waals surface area contributed by atoms with E-state index in [1.807, 2.05) is 12.4 Å². The Morgan fingerprint density at radius 3 is 3.10 bits per heavy atom. The molecule has 0 aliphatic carbocycles. The Kier molecular flexibility index (Phi) is 4.03. The fourth-order valence-corrected chi connectivity index (χ4v) is 3.57. The third-order valence-electron chi connectivity index (χ3n) is 3.89. The van der Waals surface area contributed by atoms with Crippen LogP contribution in [0.3, 0.4) is 0 Å². The third-order valence-corrected chi connectivity index (χ3v) is 4.70. The number of thiophene rings is 1. The van der Waals surface area contributed by atoms with Gasteiger partial charge in [-0.05, 0) is 24.3 Å². The molecule has 0 radical (unpaired) electrons. The molecule has 0 amide bonds. The Labute approximate surface area is 122 Å². The predicted molar refractivity (Wildman–Crippen MR) is 83.6 cm³/mol. The maximum absolute atomic E-state index is 9.70. The number of aromatic nitrogens is 2. The van der Waals surface area contributed by atoms with Crippen LogP contribution in [-0.4, -0.2) is 41.3 Å². The summed E-state index contributed by atoms with van der Waals surface area (Å²) in [6.07, 6.45) is 4.59. The molecule has 5 nitrogen and oxygen atoms in total. The van der Waals surface area contributed by atoms with Crippen molar-refractivity contribution < 1.29 is 5.11 Å². The van der Waals surface area contributed by atoms with Crippen molar-refractivity contribution in [2.45, 2.75) is 31.7 Å². The average Bonchev–Trinajstić information content (AvgIpc) is 2.82. The summed E-state index contributed by atoms with van der Waals surface area (Å²) in [7, 11) is 1.84. The van der Waals surface area contributed by atoms with Gasteiger partial charge < -0.3 is 15.3 Å². The van der Waals surface area contributed by atoms with Gasteiger partial charge in [0.25, 0.3) is 0 Å². The summed E-state index contributed by atoms with van der Waals surface area (Å²) < 4.78 is 0. The second kappa shape index (κ2) is 5.93. The summed E-state index contributed by atoms with van der Waals surface area (Å²) in [6, 6.07) is 2.24. The highest BCUT2D eigenvalue weighted by atomic mass is 32.1. The van der Waals surface area contributed by atoms with Crippen LogP contribution in [0.25, 0.3) is 10.2 Å². The highest BCUT2D eigenvalue weighted by Gasteiger charge is 2.24. The van der Waals surface area contributed by atoms with Crippen LogP contribution >= 0.6 is 11.3 Å². The van der Waals surface area contributed by atoms with E-state index in [1.165, 1.54) is 12.8 Å². The molecule has 1 fully saturated rings. The van der Waals surface area contributed by atoms with Gasteiger partial charge in [-0.3, -0.25) is 0 Å². The molecule has 0 aromatic carbocycles. The van der Waals surface area contributed by atoms with Crippen LogP contribution in [0.4, 0.5) is 11.8 Å². The number of aliphatic hydroxyl groups is 1. The summed E-state index contributed by atoms with van der Waals surface area (Å²) in [4.78, 5) is 12.4. The first kappa shape index (κ1) is 13.6. The van der Waals surface area contributed by atoms with E-state index in [4.69, 9.17) is 0 Å². The molecule has 0 spiro atoms. The minimum Gasteiger partial charge on any atom is -0.394 e. The first-order chi connectivity index (χ1) is 9.83. The van der Waals surface area contributed by atoms with Crippen molar-refractivity contribution in [3.8, 4) is 0 Å². The number of rotatable bonds is 3. The molecule has 3 rings (SSSR count). The van der Waals surface area contributed by atoms with E-state index in [-0.39, 0.29) is 12.6 Å². The van der Waals surface area contributed by atoms with Crippen LogP contribution in [-0.2, 0) is 0 Å². The number of hydrogen-bond acceptors (Lipinski definition) is 6. The SMILES string of the molecule is CNc1nc(N2CCCCCC2CO)c2ccsc2n1. The van der Waals surface area contributed by atoms with Gasteiger partial charge >= 0.3 is 0 Å². The van der Waals surface area contributed by atoms with Gasteiger partial charge in [-0.2, -0.15) is 4.98 Å². The van der Waals surface area contributed by atoms with Gasteiger partial charge in [0.05, 0.1) is 18.0 Å². The van der Waals surface area contributed by atoms with Crippen LogP contribution in [0.5, 0.6) is 0 Å². The summed E-state index contributed by atoms with van der Waals surface area (Å²) in [5.41, 5.74) is 0. The van der Waals surface area contributed by atoms with E-state index in [0.29, 0.717) is 5.95 Å². The van der Waals surface area contributed by atoms with E-state index in [0.717, 1.165) is 35.4 Å². The molecular weight excluding hydrogens is 272 g/mol. The van der Waals surface area contributed by atoms with Crippen LogP contribution in [0, 0.1) is 0 Å². The standard InChI is InChI=1S/C14H20N4OS/c1-15-14-16-12(11-6-8-20-13(11)17-14)18-7-4-2-3-5-10(18)9-19/h6,8,10,19H,2-5,7,9H2,1H3,(H,15,16,17). The van der Waals surface area contributed by atoms with Gasteiger partial charge in [0, 0.05) is 13.6 Å². The Morgan fingerprint density at radius 2 is 2.30 bits per heavy atom. The zero-order chi connectivity index (χ0) is 13.9. The normalized spacial score (nSPS) is 20.1. The topological polar surface area (TPSA) is 61.3 Å². The third kappa shape index (κ3) is 2.45. The Bertz CT molecular complexity index is 586. The molecule has 20 heavy (non-hydrogen) atoms. The zero-order valence-electron chi connectivity index (χ0n) is 11.7. The molecule has 1 atom stereocenters. The number of anilines is 2. The predicted octanol–water partition coefficient (Wildman–Crippen LogP) is 2.47. The van der Waals surface area contributed by atoms with Gasteiger partial charge in [0.15, 0.2) is 0 Å². The monoisotopic (exact) mass is 292 g/mol. The lowest BCUT2D eigenvalue weighted by Crippen LogP contribution is -2.38.